The summed E-state index contributed by atoms with van der Waals surface area (Å²) >= 11 is 0. The van der Waals surface area contributed by atoms with Gasteiger partial charge in [-0.2, -0.15) is 0 Å². The van der Waals surface area contributed by atoms with Gasteiger partial charge in [0.2, 0.25) is 0 Å². The Morgan fingerprint density at radius 2 is 1.93 bits per heavy atom. The average Bonchev–Trinajstić information content (AvgIpc) is 2.73. The number of hydrogen-bond donors (Lipinski definition) is 1. The molecular formula is C26H38O4. The summed E-state index contributed by atoms with van der Waals surface area (Å²) in [6.45, 7) is 13.8. The van der Waals surface area contributed by atoms with Crippen molar-refractivity contribution in [1.29, 1.82) is 0 Å². The lowest BCUT2D eigenvalue weighted by Gasteiger charge is -2.16. The molecule has 3 atom stereocenters. The number of hydrogen-bond acceptors (Lipinski definition) is 4. The molecule has 1 N–H and O–H groups in total. The maximum atomic E-state index is 12.5. The van der Waals surface area contributed by atoms with Crippen LogP contribution in [0.2, 0.25) is 0 Å². The molecule has 0 spiro atoms. The van der Waals surface area contributed by atoms with E-state index in [1.807, 2.05) is 52.8 Å². The molecule has 0 saturated heterocycles. The van der Waals surface area contributed by atoms with Gasteiger partial charge in [-0.1, -0.05) is 56.7 Å². The number of rotatable bonds is 10. The summed E-state index contributed by atoms with van der Waals surface area (Å²) in [6, 6.07) is 0. The van der Waals surface area contributed by atoms with Crippen LogP contribution in [0.4, 0.5) is 0 Å². The molecule has 166 valence electrons. The van der Waals surface area contributed by atoms with E-state index in [1.165, 1.54) is 7.11 Å². The summed E-state index contributed by atoms with van der Waals surface area (Å²) < 4.78 is 11.0. The van der Waals surface area contributed by atoms with E-state index in [0.717, 1.165) is 17.6 Å². The lowest BCUT2D eigenvalue weighted by atomic mass is 9.96. The van der Waals surface area contributed by atoms with E-state index in [2.05, 4.69) is 25.2 Å². The molecule has 0 aliphatic carbocycles. The van der Waals surface area contributed by atoms with Crippen molar-refractivity contribution in [3.63, 3.8) is 0 Å². The Morgan fingerprint density at radius 3 is 2.50 bits per heavy atom. The van der Waals surface area contributed by atoms with E-state index in [9.17, 15) is 9.90 Å². The van der Waals surface area contributed by atoms with Crippen LogP contribution in [0, 0.1) is 18.8 Å². The third-order valence-corrected chi connectivity index (χ3v) is 5.38. The Labute approximate surface area is 181 Å². The Kier molecular flexibility index (Phi) is 10.6. The fourth-order valence-corrected chi connectivity index (χ4v) is 3.24. The lowest BCUT2D eigenvalue weighted by molar-refractivity contribution is 0.173. The summed E-state index contributed by atoms with van der Waals surface area (Å²) in [5.74, 6) is 1.19. The van der Waals surface area contributed by atoms with Gasteiger partial charge in [-0.25, -0.2) is 0 Å². The predicted molar refractivity (Wildman–Crippen MR) is 126 cm³/mol. The Hall–Kier alpha value is -2.33. The van der Waals surface area contributed by atoms with Crippen LogP contribution in [0.15, 0.2) is 50.7 Å². The second kappa shape index (κ2) is 12.4. The van der Waals surface area contributed by atoms with Crippen LogP contribution < -0.4 is 10.2 Å². The minimum Gasteiger partial charge on any atom is -0.468 e. The molecular weight excluding hydrogens is 376 g/mol. The standard InChI is InChI=1S/C26H38O4/c1-9-19(5)24(27)20(6)16-18(4)13-11-12-17(3)14-15-23-21(7)25(28)22(10-2)26(29-8)30-23/h9,11,13-17,20,24,27H,10,12H2,1-8H3/b13-11+,15-14+,18-16+,19-9+/t17-,20+,24+/m0/s1. The second-order valence-electron chi connectivity index (χ2n) is 7.97. The minimum atomic E-state index is -0.450. The van der Waals surface area contributed by atoms with E-state index in [4.69, 9.17) is 9.15 Å². The smallest absolute Gasteiger partial charge is 0.291 e. The first-order chi connectivity index (χ1) is 14.2. The second-order valence-corrected chi connectivity index (χ2v) is 7.97. The molecule has 1 rings (SSSR count). The van der Waals surface area contributed by atoms with Crippen LogP contribution in [-0.2, 0) is 6.42 Å². The van der Waals surface area contributed by atoms with Crippen molar-refractivity contribution in [3.05, 3.63) is 68.6 Å². The van der Waals surface area contributed by atoms with Gasteiger partial charge in [0, 0.05) is 11.5 Å². The SMILES string of the molecule is C/C=C(\C)[C@@H](O)[C@H](C)/C=C(C)/C=C/C[C@H](C)/C=C/c1oc(OC)c(CC)c(=O)c1C. The summed E-state index contributed by atoms with van der Waals surface area (Å²) in [5, 5.41) is 10.3. The maximum Gasteiger partial charge on any atom is 0.291 e. The zero-order valence-corrected chi connectivity index (χ0v) is 19.8. The van der Waals surface area contributed by atoms with E-state index in [0.29, 0.717) is 29.3 Å². The largest absolute Gasteiger partial charge is 0.468 e. The van der Waals surface area contributed by atoms with Crippen LogP contribution in [0.25, 0.3) is 6.08 Å². The van der Waals surface area contributed by atoms with Crippen molar-refractivity contribution in [2.24, 2.45) is 11.8 Å². The van der Waals surface area contributed by atoms with Crippen LogP contribution in [-0.4, -0.2) is 18.3 Å². The summed E-state index contributed by atoms with van der Waals surface area (Å²) in [4.78, 5) is 12.5. The topological polar surface area (TPSA) is 59.7 Å². The molecule has 0 aromatic carbocycles. The van der Waals surface area contributed by atoms with Crippen molar-refractivity contribution in [2.75, 3.05) is 7.11 Å². The van der Waals surface area contributed by atoms with Gasteiger partial charge in [-0.15, -0.1) is 0 Å². The maximum absolute atomic E-state index is 12.5. The molecule has 0 aliphatic rings. The first-order valence-corrected chi connectivity index (χ1v) is 10.7. The van der Waals surface area contributed by atoms with Crippen LogP contribution >= 0.6 is 0 Å². The van der Waals surface area contributed by atoms with E-state index in [-0.39, 0.29) is 17.3 Å². The van der Waals surface area contributed by atoms with E-state index in [1.54, 1.807) is 6.92 Å². The summed E-state index contributed by atoms with van der Waals surface area (Å²) in [5.41, 5.74) is 3.28. The highest BCUT2D eigenvalue weighted by Crippen LogP contribution is 2.22. The lowest BCUT2D eigenvalue weighted by Crippen LogP contribution is -2.17. The Morgan fingerprint density at radius 1 is 1.27 bits per heavy atom. The predicted octanol–water partition coefficient (Wildman–Crippen LogP) is 6.02. The van der Waals surface area contributed by atoms with Crippen molar-refractivity contribution < 1.29 is 14.3 Å². The van der Waals surface area contributed by atoms with E-state index < -0.39 is 6.10 Å². The Bertz CT molecular complexity index is 868. The van der Waals surface area contributed by atoms with Gasteiger partial charge >= 0.3 is 0 Å². The van der Waals surface area contributed by atoms with Crippen molar-refractivity contribution in [1.82, 2.24) is 0 Å². The molecule has 30 heavy (non-hydrogen) atoms. The van der Waals surface area contributed by atoms with Crippen molar-refractivity contribution >= 4 is 6.08 Å². The first kappa shape index (κ1) is 25.7. The molecule has 1 aromatic rings. The van der Waals surface area contributed by atoms with Crippen LogP contribution in [0.1, 0.15) is 64.9 Å². The Balaban J connectivity index is 2.80. The fraction of sp³-hybridized carbons (Fsp3) is 0.500. The molecule has 4 heteroatoms. The zero-order valence-electron chi connectivity index (χ0n) is 19.8. The molecule has 0 radical (unpaired) electrons. The molecule has 0 amide bonds. The van der Waals surface area contributed by atoms with Crippen molar-refractivity contribution in [2.45, 2.75) is 67.4 Å². The van der Waals surface area contributed by atoms with Gasteiger partial charge in [-0.3, -0.25) is 4.79 Å². The molecule has 0 fully saturated rings. The minimum absolute atomic E-state index is 0.0157. The molecule has 1 aromatic heterocycles. The number of allylic oxidation sites excluding steroid dienone is 5. The third-order valence-electron chi connectivity index (χ3n) is 5.38. The number of aliphatic hydroxyl groups excluding tert-OH is 1. The summed E-state index contributed by atoms with van der Waals surface area (Å²) in [6.07, 6.45) is 13.1. The zero-order chi connectivity index (χ0) is 22.8. The normalized spacial score (nSPS) is 16.3. The number of ether oxygens (including phenoxy) is 1. The van der Waals surface area contributed by atoms with Gasteiger partial charge in [0.05, 0.1) is 18.8 Å². The van der Waals surface area contributed by atoms with Crippen molar-refractivity contribution in [3.8, 4) is 5.95 Å². The van der Waals surface area contributed by atoms with Gasteiger partial charge in [0.15, 0.2) is 5.43 Å². The van der Waals surface area contributed by atoms with Gasteiger partial charge < -0.3 is 14.3 Å². The van der Waals surface area contributed by atoms with Gasteiger partial charge in [-0.05, 0) is 58.1 Å². The molecule has 0 aliphatic heterocycles. The average molecular weight is 415 g/mol. The van der Waals surface area contributed by atoms with Crippen LogP contribution in [0.5, 0.6) is 5.95 Å². The highest BCUT2D eigenvalue weighted by atomic mass is 16.6. The quantitative estimate of drug-likeness (QED) is 0.375. The molecule has 0 saturated carbocycles. The monoisotopic (exact) mass is 414 g/mol. The van der Waals surface area contributed by atoms with Gasteiger partial charge in [0.25, 0.3) is 5.95 Å². The highest BCUT2D eigenvalue weighted by molar-refractivity contribution is 5.49. The molecule has 4 nitrogen and oxygen atoms in total. The van der Waals surface area contributed by atoms with Gasteiger partial charge in [0.1, 0.15) is 5.76 Å². The third kappa shape index (κ3) is 7.17. The van der Waals surface area contributed by atoms with E-state index >= 15 is 0 Å². The molecule has 0 bridgehead atoms. The number of methoxy groups -OCH3 is 1. The molecule has 0 unspecified atom stereocenters. The first-order valence-electron chi connectivity index (χ1n) is 10.7. The summed E-state index contributed by atoms with van der Waals surface area (Å²) in [7, 11) is 1.52. The van der Waals surface area contributed by atoms with Crippen LogP contribution in [0.3, 0.4) is 0 Å². The number of aliphatic hydroxyl groups is 1. The highest BCUT2D eigenvalue weighted by Gasteiger charge is 2.15. The fourth-order valence-electron chi connectivity index (χ4n) is 3.24. The molecule has 1 heterocycles.